The number of amides is 1. The maximum atomic E-state index is 12.8. The molecule has 5 heteroatoms. The van der Waals surface area contributed by atoms with Crippen LogP contribution in [-0.2, 0) is 24.3 Å². The lowest BCUT2D eigenvalue weighted by molar-refractivity contribution is -0.132. The maximum absolute atomic E-state index is 12.8. The van der Waals surface area contributed by atoms with Crippen molar-refractivity contribution in [3.8, 4) is 5.75 Å². The maximum Gasteiger partial charge on any atom is 0.222 e. The standard InChI is InChI=1S/C24H29ClN2O2/c25-22-9-6-19(7-10-22)4-3-5-24(28)27-14-15-29-23-11-8-20(16-21(23)18-27)17-26-12-1-2-13-26/h6-11,16H,1-5,12-15,17-18H2. The molecule has 4 rings (SSSR count). The number of aryl methyl sites for hydroxylation is 1. The lowest BCUT2D eigenvalue weighted by Crippen LogP contribution is -2.32. The van der Waals surface area contributed by atoms with Crippen molar-refractivity contribution in [2.45, 2.75) is 45.2 Å². The molecule has 29 heavy (non-hydrogen) atoms. The molecule has 2 heterocycles. The summed E-state index contributed by atoms with van der Waals surface area (Å²) in [6.45, 7) is 5.21. The van der Waals surface area contributed by atoms with E-state index in [2.05, 4.69) is 23.1 Å². The van der Waals surface area contributed by atoms with Gasteiger partial charge in [-0.1, -0.05) is 29.8 Å². The molecular formula is C24H29ClN2O2. The minimum absolute atomic E-state index is 0.209. The number of ether oxygens (including phenoxy) is 1. The van der Waals surface area contributed by atoms with Crippen molar-refractivity contribution in [1.82, 2.24) is 9.80 Å². The Hall–Kier alpha value is -2.04. The number of hydrogen-bond donors (Lipinski definition) is 0. The van der Waals surface area contributed by atoms with E-state index in [9.17, 15) is 4.79 Å². The molecule has 0 saturated carbocycles. The van der Waals surface area contributed by atoms with Gasteiger partial charge in [0, 0.05) is 30.1 Å². The van der Waals surface area contributed by atoms with E-state index >= 15 is 0 Å². The van der Waals surface area contributed by atoms with E-state index in [1.54, 1.807) is 0 Å². The van der Waals surface area contributed by atoms with Crippen LogP contribution in [0.25, 0.3) is 0 Å². The van der Waals surface area contributed by atoms with Crippen LogP contribution in [0.15, 0.2) is 42.5 Å². The number of nitrogens with zero attached hydrogens (tertiary/aromatic N) is 2. The zero-order valence-electron chi connectivity index (χ0n) is 16.9. The predicted octanol–water partition coefficient (Wildman–Crippen LogP) is 4.68. The SMILES string of the molecule is O=C(CCCc1ccc(Cl)cc1)N1CCOc2ccc(CN3CCCC3)cc2C1. The Kier molecular flexibility index (Phi) is 6.73. The molecule has 1 amide bonds. The van der Waals surface area contributed by atoms with Crippen molar-refractivity contribution in [1.29, 1.82) is 0 Å². The minimum atomic E-state index is 0.209. The fourth-order valence-electron chi connectivity index (χ4n) is 4.21. The third-order valence-electron chi connectivity index (χ3n) is 5.83. The fourth-order valence-corrected chi connectivity index (χ4v) is 4.34. The summed E-state index contributed by atoms with van der Waals surface area (Å²) in [5.41, 5.74) is 3.66. The Bertz CT molecular complexity index is 831. The molecule has 2 aliphatic rings. The first-order chi connectivity index (χ1) is 14.2. The molecule has 1 saturated heterocycles. The number of carbonyl (C=O) groups is 1. The van der Waals surface area contributed by atoms with Gasteiger partial charge in [0.1, 0.15) is 12.4 Å². The molecule has 0 aliphatic carbocycles. The fraction of sp³-hybridized carbons (Fsp3) is 0.458. The normalized spacial score (nSPS) is 16.9. The first-order valence-electron chi connectivity index (χ1n) is 10.7. The van der Waals surface area contributed by atoms with E-state index in [4.69, 9.17) is 16.3 Å². The molecule has 0 aromatic heterocycles. The molecule has 0 N–H and O–H groups in total. The number of carbonyl (C=O) groups excluding carboxylic acids is 1. The van der Waals surface area contributed by atoms with Crippen LogP contribution in [0.1, 0.15) is 42.4 Å². The highest BCUT2D eigenvalue weighted by atomic mass is 35.5. The van der Waals surface area contributed by atoms with Gasteiger partial charge in [-0.25, -0.2) is 0 Å². The van der Waals surface area contributed by atoms with E-state index in [1.165, 1.54) is 37.1 Å². The van der Waals surface area contributed by atoms with Crippen LogP contribution in [0.2, 0.25) is 5.02 Å². The van der Waals surface area contributed by atoms with Gasteiger partial charge < -0.3 is 9.64 Å². The Balaban J connectivity index is 1.34. The van der Waals surface area contributed by atoms with Crippen LogP contribution in [0.3, 0.4) is 0 Å². The van der Waals surface area contributed by atoms with Gasteiger partial charge in [-0.3, -0.25) is 9.69 Å². The van der Waals surface area contributed by atoms with E-state index in [0.717, 1.165) is 35.7 Å². The molecule has 2 aromatic carbocycles. The van der Waals surface area contributed by atoms with E-state index < -0.39 is 0 Å². The van der Waals surface area contributed by atoms with Crippen molar-refractivity contribution in [2.24, 2.45) is 0 Å². The highest BCUT2D eigenvalue weighted by molar-refractivity contribution is 6.30. The first kappa shape index (κ1) is 20.2. The number of halogens is 1. The second kappa shape index (κ2) is 9.64. The van der Waals surface area contributed by atoms with Crippen LogP contribution < -0.4 is 4.74 Å². The van der Waals surface area contributed by atoms with Crippen LogP contribution in [-0.4, -0.2) is 41.9 Å². The summed E-state index contributed by atoms with van der Waals surface area (Å²) in [5.74, 6) is 1.13. The van der Waals surface area contributed by atoms with Gasteiger partial charge in [0.2, 0.25) is 5.91 Å². The van der Waals surface area contributed by atoms with Crippen molar-refractivity contribution in [3.63, 3.8) is 0 Å². The summed E-state index contributed by atoms with van der Waals surface area (Å²) < 4.78 is 5.92. The third-order valence-corrected chi connectivity index (χ3v) is 6.08. The summed E-state index contributed by atoms with van der Waals surface area (Å²) in [7, 11) is 0. The quantitative estimate of drug-likeness (QED) is 0.690. The summed E-state index contributed by atoms with van der Waals surface area (Å²) in [4.78, 5) is 17.3. The van der Waals surface area contributed by atoms with Crippen molar-refractivity contribution in [2.75, 3.05) is 26.2 Å². The monoisotopic (exact) mass is 412 g/mol. The smallest absolute Gasteiger partial charge is 0.222 e. The van der Waals surface area contributed by atoms with Crippen LogP contribution >= 0.6 is 11.6 Å². The van der Waals surface area contributed by atoms with Gasteiger partial charge in [-0.15, -0.1) is 0 Å². The topological polar surface area (TPSA) is 32.8 Å². The van der Waals surface area contributed by atoms with Gasteiger partial charge >= 0.3 is 0 Å². The average Bonchev–Trinajstić information content (AvgIpc) is 3.13. The molecule has 0 unspecified atom stereocenters. The molecule has 0 spiro atoms. The third kappa shape index (κ3) is 5.52. The van der Waals surface area contributed by atoms with Gasteiger partial charge in [0.15, 0.2) is 0 Å². The van der Waals surface area contributed by atoms with Crippen molar-refractivity contribution >= 4 is 17.5 Å². The number of fused-ring (bicyclic) bond motifs is 1. The number of likely N-dealkylation sites (tertiary alicyclic amines) is 1. The van der Waals surface area contributed by atoms with Gasteiger partial charge in [0.05, 0.1) is 6.54 Å². The zero-order valence-corrected chi connectivity index (χ0v) is 17.7. The Morgan fingerprint density at radius 1 is 1.00 bits per heavy atom. The van der Waals surface area contributed by atoms with Crippen LogP contribution in [0.5, 0.6) is 5.75 Å². The molecule has 4 nitrogen and oxygen atoms in total. The Morgan fingerprint density at radius 3 is 2.55 bits per heavy atom. The molecular weight excluding hydrogens is 384 g/mol. The lowest BCUT2D eigenvalue weighted by Gasteiger charge is -2.20. The highest BCUT2D eigenvalue weighted by Crippen LogP contribution is 2.26. The number of hydrogen-bond acceptors (Lipinski definition) is 3. The summed E-state index contributed by atoms with van der Waals surface area (Å²) in [6.07, 6.45) is 4.90. The summed E-state index contributed by atoms with van der Waals surface area (Å²) >= 11 is 5.94. The Labute approximate surface area is 178 Å². The molecule has 2 aromatic rings. The Morgan fingerprint density at radius 2 is 1.76 bits per heavy atom. The van der Waals surface area contributed by atoms with Crippen molar-refractivity contribution in [3.05, 3.63) is 64.2 Å². The van der Waals surface area contributed by atoms with Gasteiger partial charge in [-0.2, -0.15) is 0 Å². The van der Waals surface area contributed by atoms with Crippen LogP contribution in [0, 0.1) is 0 Å². The molecule has 0 atom stereocenters. The molecule has 0 bridgehead atoms. The first-order valence-corrected chi connectivity index (χ1v) is 11.0. The molecule has 0 radical (unpaired) electrons. The molecule has 154 valence electrons. The summed E-state index contributed by atoms with van der Waals surface area (Å²) in [6, 6.07) is 14.3. The average molecular weight is 413 g/mol. The van der Waals surface area contributed by atoms with Gasteiger partial charge in [-0.05, 0) is 74.2 Å². The zero-order chi connectivity index (χ0) is 20.1. The van der Waals surface area contributed by atoms with E-state index in [0.29, 0.717) is 26.1 Å². The van der Waals surface area contributed by atoms with Gasteiger partial charge in [0.25, 0.3) is 0 Å². The summed E-state index contributed by atoms with van der Waals surface area (Å²) in [5, 5.41) is 0.747. The minimum Gasteiger partial charge on any atom is -0.491 e. The number of benzene rings is 2. The van der Waals surface area contributed by atoms with E-state index in [-0.39, 0.29) is 5.91 Å². The molecule has 2 aliphatic heterocycles. The lowest BCUT2D eigenvalue weighted by atomic mass is 10.1. The van der Waals surface area contributed by atoms with E-state index in [1.807, 2.05) is 29.2 Å². The largest absolute Gasteiger partial charge is 0.491 e. The van der Waals surface area contributed by atoms with Crippen molar-refractivity contribution < 1.29 is 9.53 Å². The number of rotatable bonds is 6. The second-order valence-electron chi connectivity index (χ2n) is 8.07. The highest BCUT2D eigenvalue weighted by Gasteiger charge is 2.20. The van der Waals surface area contributed by atoms with Crippen LogP contribution in [0.4, 0.5) is 0 Å². The predicted molar refractivity (Wildman–Crippen MR) is 116 cm³/mol. The molecule has 1 fully saturated rings. The second-order valence-corrected chi connectivity index (χ2v) is 8.51.